The minimum absolute atomic E-state index is 0.292. The molecule has 1 atom stereocenters. The van der Waals surface area contributed by atoms with Crippen molar-refractivity contribution >= 4 is 18.6 Å². The third kappa shape index (κ3) is 7.82. The number of hydrogen-bond acceptors (Lipinski definition) is 2. The number of thiol groups is 1. The van der Waals surface area contributed by atoms with E-state index in [4.69, 9.17) is 5.11 Å². The largest absolute Gasteiger partial charge is 0.481 e. The number of unbranched alkanes of at least 4 members (excludes halogenated alkanes) is 1. The predicted molar refractivity (Wildman–Crippen MR) is 44.6 cm³/mol. The Kier molecular flexibility index (Phi) is 5.49. The van der Waals surface area contributed by atoms with Gasteiger partial charge in [0.25, 0.3) is 0 Å². The summed E-state index contributed by atoms with van der Waals surface area (Å²) in [6.07, 6.45) is 3.05. The van der Waals surface area contributed by atoms with E-state index in [1.807, 2.05) is 6.92 Å². The standard InChI is InChI=1S/C7H14O2S/c1-6(10)4-2-3-5-7(8)9/h6,10H,2-5H2,1H3,(H,8,9). The zero-order chi connectivity index (χ0) is 7.98. The molecule has 0 aromatic carbocycles. The fourth-order valence-electron chi connectivity index (χ4n) is 0.716. The number of carboxylic acids is 1. The average Bonchev–Trinajstić information content (AvgIpc) is 1.79. The first-order chi connectivity index (χ1) is 4.63. The van der Waals surface area contributed by atoms with Crippen molar-refractivity contribution in [1.29, 1.82) is 0 Å². The van der Waals surface area contributed by atoms with Gasteiger partial charge < -0.3 is 5.11 Å². The van der Waals surface area contributed by atoms with E-state index in [2.05, 4.69) is 12.6 Å². The van der Waals surface area contributed by atoms with Crippen molar-refractivity contribution in [3.63, 3.8) is 0 Å². The highest BCUT2D eigenvalue weighted by Gasteiger charge is 1.97. The number of carbonyl (C=O) groups is 1. The van der Waals surface area contributed by atoms with Crippen LogP contribution in [0.5, 0.6) is 0 Å². The van der Waals surface area contributed by atoms with E-state index in [-0.39, 0.29) is 0 Å². The summed E-state index contributed by atoms with van der Waals surface area (Å²) < 4.78 is 0. The summed E-state index contributed by atoms with van der Waals surface area (Å²) in [5.41, 5.74) is 0. The average molecular weight is 162 g/mol. The van der Waals surface area contributed by atoms with Crippen LogP contribution in [-0.4, -0.2) is 16.3 Å². The molecule has 0 rings (SSSR count). The molecule has 2 nitrogen and oxygen atoms in total. The van der Waals surface area contributed by atoms with E-state index in [9.17, 15) is 4.79 Å². The minimum Gasteiger partial charge on any atom is -0.481 e. The van der Waals surface area contributed by atoms with Crippen LogP contribution in [0.1, 0.15) is 32.6 Å². The normalized spacial score (nSPS) is 13.0. The van der Waals surface area contributed by atoms with Gasteiger partial charge in [0.2, 0.25) is 0 Å². The van der Waals surface area contributed by atoms with Crippen LogP contribution >= 0.6 is 12.6 Å². The molecule has 0 heterocycles. The third-order valence-corrected chi connectivity index (χ3v) is 1.52. The third-order valence-electron chi connectivity index (χ3n) is 1.26. The molecule has 0 radical (unpaired) electrons. The molecule has 0 bridgehead atoms. The fraction of sp³-hybridized carbons (Fsp3) is 0.857. The summed E-state index contributed by atoms with van der Waals surface area (Å²) in [6, 6.07) is 0. The van der Waals surface area contributed by atoms with Gasteiger partial charge in [-0.1, -0.05) is 13.3 Å². The highest BCUT2D eigenvalue weighted by molar-refractivity contribution is 7.80. The molecule has 0 saturated heterocycles. The van der Waals surface area contributed by atoms with Gasteiger partial charge in [0, 0.05) is 6.42 Å². The number of carboxylic acid groups (broad SMARTS) is 1. The molecule has 0 aromatic rings. The molecule has 0 spiro atoms. The second-order valence-electron chi connectivity index (χ2n) is 2.49. The van der Waals surface area contributed by atoms with Crippen molar-refractivity contribution < 1.29 is 9.90 Å². The summed E-state index contributed by atoms with van der Waals surface area (Å²) in [5, 5.41) is 8.66. The zero-order valence-corrected chi connectivity index (χ0v) is 7.10. The van der Waals surface area contributed by atoms with Gasteiger partial charge in [0.1, 0.15) is 0 Å². The highest BCUT2D eigenvalue weighted by atomic mass is 32.1. The number of aliphatic carboxylic acids is 1. The molecule has 1 N–H and O–H groups in total. The van der Waals surface area contributed by atoms with Crippen LogP contribution in [0, 0.1) is 0 Å². The van der Waals surface area contributed by atoms with Gasteiger partial charge in [0.05, 0.1) is 0 Å². The SMILES string of the molecule is CC(S)CCCCC(=O)O. The zero-order valence-electron chi connectivity index (χ0n) is 6.21. The Bertz CT molecular complexity index is 102. The van der Waals surface area contributed by atoms with Crippen LogP contribution < -0.4 is 0 Å². The van der Waals surface area contributed by atoms with E-state index in [1.54, 1.807) is 0 Å². The first kappa shape index (κ1) is 9.82. The van der Waals surface area contributed by atoms with Crippen molar-refractivity contribution in [2.24, 2.45) is 0 Å². The molecule has 0 saturated carbocycles. The van der Waals surface area contributed by atoms with Gasteiger partial charge in [-0.25, -0.2) is 0 Å². The number of rotatable bonds is 5. The molecular weight excluding hydrogens is 148 g/mol. The Morgan fingerprint density at radius 1 is 1.60 bits per heavy atom. The van der Waals surface area contributed by atoms with E-state index < -0.39 is 5.97 Å². The Balaban J connectivity index is 2.98. The molecule has 0 aliphatic heterocycles. The van der Waals surface area contributed by atoms with Gasteiger partial charge in [-0.15, -0.1) is 0 Å². The predicted octanol–water partition coefficient (Wildman–Crippen LogP) is 1.95. The molecular formula is C7H14O2S. The monoisotopic (exact) mass is 162 g/mol. The van der Waals surface area contributed by atoms with Crippen molar-refractivity contribution in [2.75, 3.05) is 0 Å². The molecule has 60 valence electrons. The summed E-state index contributed by atoms with van der Waals surface area (Å²) in [6.45, 7) is 2.02. The lowest BCUT2D eigenvalue weighted by molar-refractivity contribution is -0.137. The van der Waals surface area contributed by atoms with E-state index in [0.717, 1.165) is 19.3 Å². The van der Waals surface area contributed by atoms with Crippen molar-refractivity contribution in [1.82, 2.24) is 0 Å². The smallest absolute Gasteiger partial charge is 0.303 e. The first-order valence-electron chi connectivity index (χ1n) is 3.53. The molecule has 0 amide bonds. The fourth-order valence-corrected chi connectivity index (χ4v) is 0.899. The van der Waals surface area contributed by atoms with Crippen molar-refractivity contribution in [3.05, 3.63) is 0 Å². The van der Waals surface area contributed by atoms with E-state index in [0.29, 0.717) is 11.7 Å². The first-order valence-corrected chi connectivity index (χ1v) is 4.04. The Morgan fingerprint density at radius 2 is 2.20 bits per heavy atom. The van der Waals surface area contributed by atoms with Crippen LogP contribution in [0.3, 0.4) is 0 Å². The topological polar surface area (TPSA) is 37.3 Å². The van der Waals surface area contributed by atoms with Gasteiger partial charge in [-0.05, 0) is 18.1 Å². The van der Waals surface area contributed by atoms with Crippen LogP contribution in [0.2, 0.25) is 0 Å². The quantitative estimate of drug-likeness (QED) is 0.479. The summed E-state index contributed by atoms with van der Waals surface area (Å²) in [5.74, 6) is -0.702. The van der Waals surface area contributed by atoms with Crippen LogP contribution in [0.15, 0.2) is 0 Å². The maximum Gasteiger partial charge on any atom is 0.303 e. The molecule has 0 aliphatic rings. The lowest BCUT2D eigenvalue weighted by Crippen LogP contribution is -1.96. The van der Waals surface area contributed by atoms with E-state index in [1.165, 1.54) is 0 Å². The van der Waals surface area contributed by atoms with Crippen molar-refractivity contribution in [2.45, 2.75) is 37.9 Å². The molecule has 1 unspecified atom stereocenters. The molecule has 0 fully saturated rings. The number of hydrogen-bond donors (Lipinski definition) is 2. The maximum absolute atomic E-state index is 10.0. The molecule has 0 aliphatic carbocycles. The summed E-state index contributed by atoms with van der Waals surface area (Å²) >= 11 is 4.18. The van der Waals surface area contributed by atoms with Crippen LogP contribution in [-0.2, 0) is 4.79 Å². The van der Waals surface area contributed by atoms with Gasteiger partial charge in [0.15, 0.2) is 0 Å². The second-order valence-corrected chi connectivity index (χ2v) is 3.37. The van der Waals surface area contributed by atoms with Gasteiger partial charge >= 0.3 is 5.97 Å². The molecule has 10 heavy (non-hydrogen) atoms. The Hall–Kier alpha value is -0.180. The van der Waals surface area contributed by atoms with Gasteiger partial charge in [-0.2, -0.15) is 12.6 Å². The van der Waals surface area contributed by atoms with Crippen LogP contribution in [0.4, 0.5) is 0 Å². The minimum atomic E-state index is -0.702. The lowest BCUT2D eigenvalue weighted by atomic mass is 10.1. The summed E-state index contributed by atoms with van der Waals surface area (Å²) in [7, 11) is 0. The molecule has 3 heteroatoms. The summed E-state index contributed by atoms with van der Waals surface area (Å²) in [4.78, 5) is 10.0. The van der Waals surface area contributed by atoms with Crippen LogP contribution in [0.25, 0.3) is 0 Å². The lowest BCUT2D eigenvalue weighted by Gasteiger charge is -2.00. The van der Waals surface area contributed by atoms with Gasteiger partial charge in [-0.3, -0.25) is 4.79 Å². The highest BCUT2D eigenvalue weighted by Crippen LogP contribution is 2.06. The van der Waals surface area contributed by atoms with E-state index >= 15 is 0 Å². The Morgan fingerprint density at radius 3 is 2.60 bits per heavy atom. The molecule has 0 aromatic heterocycles. The maximum atomic E-state index is 10.0. The van der Waals surface area contributed by atoms with Crippen molar-refractivity contribution in [3.8, 4) is 0 Å². The second kappa shape index (κ2) is 5.59. The Labute approximate surface area is 67.0 Å².